The van der Waals surface area contributed by atoms with Gasteiger partial charge < -0.3 is 10.5 Å². The molecule has 0 spiro atoms. The molecule has 0 amide bonds. The van der Waals surface area contributed by atoms with E-state index in [1.165, 1.54) is 0 Å². The first-order valence-electron chi connectivity index (χ1n) is 5.19. The Morgan fingerprint density at radius 2 is 2.27 bits per heavy atom. The van der Waals surface area contributed by atoms with Crippen LogP contribution in [0.4, 0.5) is 5.69 Å². The maximum atomic E-state index is 8.99. The summed E-state index contributed by atoms with van der Waals surface area (Å²) in [6, 6.07) is 4.02. The van der Waals surface area contributed by atoms with E-state index in [1.54, 1.807) is 6.07 Å². The molecule has 82 valence electrons. The highest BCUT2D eigenvalue weighted by Gasteiger charge is 2.17. The predicted molar refractivity (Wildman–Crippen MR) is 59.7 cm³/mol. The molecule has 1 aromatic heterocycles. The molecule has 0 aromatic carbocycles. The Labute approximate surface area is 90.3 Å². The molecule has 0 bridgehead atoms. The quantitative estimate of drug-likeness (QED) is 0.824. The van der Waals surface area contributed by atoms with Gasteiger partial charge in [0.2, 0.25) is 5.88 Å². The standard InChI is InChI=1S/C11H17N3O/c1-4-8(3)14-9(7-12)6-10(13)11(14)15-5-2/h6,8H,4-5,13H2,1-3H3. The Kier molecular flexibility index (Phi) is 3.62. The van der Waals surface area contributed by atoms with E-state index in [9.17, 15) is 0 Å². The topological polar surface area (TPSA) is 64.0 Å². The van der Waals surface area contributed by atoms with Gasteiger partial charge in [0.05, 0.1) is 12.3 Å². The summed E-state index contributed by atoms with van der Waals surface area (Å²) in [4.78, 5) is 0. The zero-order valence-corrected chi connectivity index (χ0v) is 9.45. The molecule has 1 unspecified atom stereocenters. The summed E-state index contributed by atoms with van der Waals surface area (Å²) in [5, 5.41) is 8.99. The average Bonchev–Trinajstić information content (AvgIpc) is 2.55. The maximum Gasteiger partial charge on any atom is 0.218 e. The molecule has 0 aliphatic rings. The fourth-order valence-electron chi connectivity index (χ4n) is 1.52. The summed E-state index contributed by atoms with van der Waals surface area (Å²) in [6.07, 6.45) is 0.933. The smallest absolute Gasteiger partial charge is 0.218 e. The second-order valence-corrected chi connectivity index (χ2v) is 3.46. The summed E-state index contributed by atoms with van der Waals surface area (Å²) in [5.74, 6) is 0.614. The van der Waals surface area contributed by atoms with Crippen molar-refractivity contribution in [2.45, 2.75) is 33.2 Å². The highest BCUT2D eigenvalue weighted by molar-refractivity contribution is 5.55. The Bertz CT molecular complexity index is 376. The molecule has 1 rings (SSSR count). The van der Waals surface area contributed by atoms with Crippen LogP contribution in [0.3, 0.4) is 0 Å². The second-order valence-electron chi connectivity index (χ2n) is 3.46. The van der Waals surface area contributed by atoms with E-state index < -0.39 is 0 Å². The molecule has 4 heteroatoms. The van der Waals surface area contributed by atoms with Gasteiger partial charge in [-0.1, -0.05) is 6.92 Å². The van der Waals surface area contributed by atoms with Gasteiger partial charge in [-0.25, -0.2) is 0 Å². The molecule has 15 heavy (non-hydrogen) atoms. The maximum absolute atomic E-state index is 8.99. The van der Waals surface area contributed by atoms with Gasteiger partial charge in [0, 0.05) is 12.1 Å². The molecule has 4 nitrogen and oxygen atoms in total. The predicted octanol–water partition coefficient (Wildman–Crippen LogP) is 2.31. The van der Waals surface area contributed by atoms with Gasteiger partial charge in [-0.15, -0.1) is 0 Å². The van der Waals surface area contributed by atoms with Crippen molar-refractivity contribution in [2.24, 2.45) is 0 Å². The number of nitrogen functional groups attached to an aromatic ring is 1. The Balaban J connectivity index is 3.24. The summed E-state index contributed by atoms with van der Waals surface area (Å²) in [7, 11) is 0. The lowest BCUT2D eigenvalue weighted by atomic mass is 10.2. The van der Waals surface area contributed by atoms with Crippen molar-refractivity contribution in [1.29, 1.82) is 5.26 Å². The van der Waals surface area contributed by atoms with Crippen LogP contribution in [0, 0.1) is 11.3 Å². The van der Waals surface area contributed by atoms with E-state index in [0.717, 1.165) is 6.42 Å². The number of aromatic nitrogens is 1. The average molecular weight is 207 g/mol. The Morgan fingerprint density at radius 1 is 1.60 bits per heavy atom. The van der Waals surface area contributed by atoms with Gasteiger partial charge in [0.15, 0.2) is 0 Å². The third kappa shape index (κ3) is 2.07. The van der Waals surface area contributed by atoms with Crippen LogP contribution >= 0.6 is 0 Å². The minimum Gasteiger partial charge on any atom is -0.478 e. The minimum atomic E-state index is 0.221. The van der Waals surface area contributed by atoms with E-state index in [-0.39, 0.29) is 6.04 Å². The molecule has 2 N–H and O–H groups in total. The first-order chi connectivity index (χ1) is 7.15. The third-order valence-corrected chi connectivity index (χ3v) is 2.44. The van der Waals surface area contributed by atoms with E-state index in [0.29, 0.717) is 23.9 Å². The van der Waals surface area contributed by atoms with Crippen molar-refractivity contribution in [2.75, 3.05) is 12.3 Å². The van der Waals surface area contributed by atoms with Crippen LogP contribution in [0.25, 0.3) is 0 Å². The first kappa shape index (κ1) is 11.4. The Morgan fingerprint density at radius 3 is 2.73 bits per heavy atom. The number of anilines is 1. The SMILES string of the molecule is CCOc1c(N)cc(C#N)n1C(C)CC. The number of nitrogens with zero attached hydrogens (tertiary/aromatic N) is 2. The van der Waals surface area contributed by atoms with Gasteiger partial charge in [0.25, 0.3) is 0 Å². The van der Waals surface area contributed by atoms with E-state index in [4.69, 9.17) is 15.7 Å². The van der Waals surface area contributed by atoms with Crippen molar-refractivity contribution in [1.82, 2.24) is 4.57 Å². The number of hydrogen-bond donors (Lipinski definition) is 1. The molecule has 1 aromatic rings. The largest absolute Gasteiger partial charge is 0.478 e. The zero-order valence-electron chi connectivity index (χ0n) is 9.45. The number of rotatable bonds is 4. The molecule has 1 heterocycles. The fourth-order valence-corrected chi connectivity index (χ4v) is 1.52. The van der Waals surface area contributed by atoms with E-state index >= 15 is 0 Å². The molecule has 0 aliphatic carbocycles. The highest BCUT2D eigenvalue weighted by Crippen LogP contribution is 2.31. The van der Waals surface area contributed by atoms with Crippen molar-refractivity contribution >= 4 is 5.69 Å². The van der Waals surface area contributed by atoms with Gasteiger partial charge in [0.1, 0.15) is 11.8 Å². The van der Waals surface area contributed by atoms with Gasteiger partial charge in [-0.05, 0) is 20.3 Å². The minimum absolute atomic E-state index is 0.221. The molecule has 0 fully saturated rings. The number of nitriles is 1. The Hall–Kier alpha value is -1.63. The normalized spacial score (nSPS) is 12.1. The molecule has 0 radical (unpaired) electrons. The first-order valence-corrected chi connectivity index (χ1v) is 5.19. The molecule has 0 saturated carbocycles. The molecular formula is C11H17N3O. The van der Waals surface area contributed by atoms with Crippen molar-refractivity contribution < 1.29 is 4.74 Å². The van der Waals surface area contributed by atoms with Crippen LogP contribution in [0.2, 0.25) is 0 Å². The second kappa shape index (κ2) is 4.74. The summed E-state index contributed by atoms with van der Waals surface area (Å²) in [5.41, 5.74) is 6.90. The summed E-state index contributed by atoms with van der Waals surface area (Å²) >= 11 is 0. The molecule has 0 saturated heterocycles. The van der Waals surface area contributed by atoms with Crippen molar-refractivity contribution in [3.05, 3.63) is 11.8 Å². The number of ether oxygens (including phenoxy) is 1. The third-order valence-electron chi connectivity index (χ3n) is 2.44. The highest BCUT2D eigenvalue weighted by atomic mass is 16.5. The summed E-state index contributed by atoms with van der Waals surface area (Å²) < 4.78 is 7.32. The fraction of sp³-hybridized carbons (Fsp3) is 0.545. The van der Waals surface area contributed by atoms with Crippen molar-refractivity contribution in [3.63, 3.8) is 0 Å². The zero-order chi connectivity index (χ0) is 11.4. The summed E-state index contributed by atoms with van der Waals surface area (Å²) in [6.45, 7) is 6.56. The monoisotopic (exact) mass is 207 g/mol. The lowest BCUT2D eigenvalue weighted by Gasteiger charge is -2.16. The van der Waals surface area contributed by atoms with Crippen molar-refractivity contribution in [3.8, 4) is 11.9 Å². The van der Waals surface area contributed by atoms with Crippen LogP contribution in [0.1, 0.15) is 38.9 Å². The number of nitrogens with two attached hydrogens (primary N) is 1. The molecule has 1 atom stereocenters. The van der Waals surface area contributed by atoms with Gasteiger partial charge >= 0.3 is 0 Å². The molecular weight excluding hydrogens is 190 g/mol. The van der Waals surface area contributed by atoms with E-state index in [2.05, 4.69) is 13.0 Å². The van der Waals surface area contributed by atoms with Crippen LogP contribution in [0.5, 0.6) is 5.88 Å². The molecule has 0 aliphatic heterocycles. The van der Waals surface area contributed by atoms with Gasteiger partial charge in [-0.2, -0.15) is 5.26 Å². The number of hydrogen-bond acceptors (Lipinski definition) is 3. The van der Waals surface area contributed by atoms with Gasteiger partial charge in [-0.3, -0.25) is 4.57 Å². The van der Waals surface area contributed by atoms with Crippen LogP contribution < -0.4 is 10.5 Å². The lowest BCUT2D eigenvalue weighted by Crippen LogP contribution is -2.09. The van der Waals surface area contributed by atoms with Crippen LogP contribution in [-0.2, 0) is 0 Å². The van der Waals surface area contributed by atoms with Crippen LogP contribution in [0.15, 0.2) is 6.07 Å². The van der Waals surface area contributed by atoms with Crippen LogP contribution in [-0.4, -0.2) is 11.2 Å². The van der Waals surface area contributed by atoms with E-state index in [1.807, 2.05) is 18.4 Å². The lowest BCUT2D eigenvalue weighted by molar-refractivity contribution is 0.299.